The molecule has 0 aliphatic carbocycles. The number of nitrogens with one attached hydrogen (secondary N) is 2. The van der Waals surface area contributed by atoms with Crippen LogP contribution in [0.2, 0.25) is 0 Å². The average molecular weight is 278 g/mol. The van der Waals surface area contributed by atoms with Gasteiger partial charge in [0.05, 0.1) is 16.9 Å². The summed E-state index contributed by atoms with van der Waals surface area (Å²) in [6.07, 6.45) is 6.55. The fourth-order valence-corrected chi connectivity index (χ4v) is 2.50. The van der Waals surface area contributed by atoms with Crippen LogP contribution >= 0.6 is 11.3 Å². The number of aromatic amines is 1. The van der Waals surface area contributed by atoms with Crippen LogP contribution in [0.25, 0.3) is 0 Å². The molecule has 6 heteroatoms. The molecule has 0 saturated carbocycles. The van der Waals surface area contributed by atoms with E-state index in [1.807, 2.05) is 6.20 Å². The first-order chi connectivity index (χ1) is 9.28. The zero-order valence-corrected chi connectivity index (χ0v) is 11.8. The molecule has 2 aromatic heterocycles. The van der Waals surface area contributed by atoms with Crippen LogP contribution in [0.15, 0.2) is 17.8 Å². The second-order valence-electron chi connectivity index (χ2n) is 4.29. The third-order valence-corrected chi connectivity index (χ3v) is 3.84. The molecule has 0 spiro atoms. The van der Waals surface area contributed by atoms with Crippen molar-refractivity contribution in [3.63, 3.8) is 0 Å². The molecule has 0 atom stereocenters. The maximum atomic E-state index is 11.6. The quantitative estimate of drug-likeness (QED) is 0.810. The molecule has 0 aromatic carbocycles. The lowest BCUT2D eigenvalue weighted by molar-refractivity contribution is -0.121. The van der Waals surface area contributed by atoms with E-state index in [0.717, 1.165) is 35.5 Å². The van der Waals surface area contributed by atoms with Crippen molar-refractivity contribution in [3.05, 3.63) is 34.0 Å². The maximum absolute atomic E-state index is 11.6. The number of H-pyrrole nitrogens is 1. The summed E-state index contributed by atoms with van der Waals surface area (Å²) >= 11 is 1.68. The number of carbonyl (C=O) groups excluding carboxylic acids is 1. The van der Waals surface area contributed by atoms with Crippen LogP contribution in [-0.2, 0) is 24.1 Å². The van der Waals surface area contributed by atoms with Gasteiger partial charge in [0.2, 0.25) is 5.91 Å². The van der Waals surface area contributed by atoms with E-state index in [4.69, 9.17) is 0 Å². The zero-order chi connectivity index (χ0) is 13.5. The lowest BCUT2D eigenvalue weighted by Crippen LogP contribution is -2.25. The van der Waals surface area contributed by atoms with Gasteiger partial charge < -0.3 is 5.32 Å². The Kier molecular flexibility index (Phi) is 5.09. The molecule has 1 amide bonds. The average Bonchev–Trinajstić information content (AvgIpc) is 3.07. The van der Waals surface area contributed by atoms with E-state index in [-0.39, 0.29) is 5.91 Å². The summed E-state index contributed by atoms with van der Waals surface area (Å²) in [5.41, 5.74) is 2.12. The summed E-state index contributed by atoms with van der Waals surface area (Å²) in [5.74, 6) is 0.0761. The molecule has 2 aromatic rings. The smallest absolute Gasteiger partial charge is 0.220 e. The topological polar surface area (TPSA) is 70.7 Å². The second kappa shape index (κ2) is 7.04. The Hall–Kier alpha value is -1.69. The molecule has 0 unspecified atom stereocenters. The summed E-state index contributed by atoms with van der Waals surface area (Å²) in [6, 6.07) is 0. The van der Waals surface area contributed by atoms with Gasteiger partial charge in [0, 0.05) is 31.0 Å². The van der Waals surface area contributed by atoms with Gasteiger partial charge in [0.25, 0.3) is 0 Å². The Balaban J connectivity index is 1.63. The molecule has 0 bridgehead atoms. The van der Waals surface area contributed by atoms with Crippen molar-refractivity contribution in [2.75, 3.05) is 6.54 Å². The van der Waals surface area contributed by atoms with Gasteiger partial charge in [0.1, 0.15) is 0 Å². The fourth-order valence-electron chi connectivity index (χ4n) is 1.72. The van der Waals surface area contributed by atoms with Crippen LogP contribution in [0, 0.1) is 0 Å². The molecule has 2 rings (SSSR count). The molecule has 0 aliphatic heterocycles. The highest BCUT2D eigenvalue weighted by molar-refractivity contribution is 7.09. The highest BCUT2D eigenvalue weighted by Gasteiger charge is 2.04. The minimum Gasteiger partial charge on any atom is -0.356 e. The number of rotatable bonds is 7. The number of nitrogens with zero attached hydrogens (tertiary/aromatic N) is 2. The summed E-state index contributed by atoms with van der Waals surface area (Å²) in [5, 5.41) is 12.7. The van der Waals surface area contributed by atoms with E-state index >= 15 is 0 Å². The molecule has 2 N–H and O–H groups in total. The Morgan fingerprint density at radius 1 is 1.47 bits per heavy atom. The van der Waals surface area contributed by atoms with E-state index in [9.17, 15) is 4.79 Å². The fraction of sp³-hybridized carbons (Fsp3) is 0.462. The van der Waals surface area contributed by atoms with Crippen LogP contribution in [0.4, 0.5) is 0 Å². The molecule has 102 valence electrons. The van der Waals surface area contributed by atoms with Gasteiger partial charge in [-0.05, 0) is 18.4 Å². The van der Waals surface area contributed by atoms with Gasteiger partial charge in [-0.3, -0.25) is 9.89 Å². The second-order valence-corrected chi connectivity index (χ2v) is 5.24. The molecule has 0 aliphatic rings. The summed E-state index contributed by atoms with van der Waals surface area (Å²) < 4.78 is 0. The predicted octanol–water partition coefficient (Wildman–Crippen LogP) is 1.72. The van der Waals surface area contributed by atoms with E-state index in [2.05, 4.69) is 32.8 Å². The predicted molar refractivity (Wildman–Crippen MR) is 75.1 cm³/mol. The largest absolute Gasteiger partial charge is 0.356 e. The zero-order valence-electron chi connectivity index (χ0n) is 11.0. The first kappa shape index (κ1) is 13.7. The van der Waals surface area contributed by atoms with Crippen molar-refractivity contribution in [2.45, 2.75) is 32.6 Å². The number of aryl methyl sites for hydroxylation is 2. The molecule has 5 nitrogen and oxygen atoms in total. The Labute approximate surface area is 116 Å². The number of thiazole rings is 1. The van der Waals surface area contributed by atoms with Gasteiger partial charge in [0.15, 0.2) is 0 Å². The van der Waals surface area contributed by atoms with E-state index in [0.29, 0.717) is 13.0 Å². The lowest BCUT2D eigenvalue weighted by atomic mass is 10.2. The number of hydrogen-bond donors (Lipinski definition) is 2. The van der Waals surface area contributed by atoms with Crippen LogP contribution in [0.5, 0.6) is 0 Å². The van der Waals surface area contributed by atoms with E-state index in [1.165, 1.54) is 0 Å². The van der Waals surface area contributed by atoms with Crippen molar-refractivity contribution < 1.29 is 4.79 Å². The first-order valence-corrected chi connectivity index (χ1v) is 7.33. The minimum atomic E-state index is 0.0761. The van der Waals surface area contributed by atoms with Crippen molar-refractivity contribution in [1.82, 2.24) is 20.5 Å². The standard InChI is InChI=1S/C13H18N4OS/c1-2-13-17-11(9-19-13)5-6-14-12(18)4-3-10-7-15-16-8-10/h7-9H,2-6H2,1H3,(H,14,18)(H,15,16). The first-order valence-electron chi connectivity index (χ1n) is 6.45. The summed E-state index contributed by atoms with van der Waals surface area (Å²) in [7, 11) is 0. The Morgan fingerprint density at radius 3 is 3.05 bits per heavy atom. The van der Waals surface area contributed by atoms with Gasteiger partial charge in [-0.25, -0.2) is 4.98 Å². The lowest BCUT2D eigenvalue weighted by Gasteiger charge is -2.03. The SMILES string of the molecule is CCc1nc(CCNC(=O)CCc2cn[nH]c2)cs1. The number of hydrogen-bond acceptors (Lipinski definition) is 4. The highest BCUT2D eigenvalue weighted by atomic mass is 32.1. The van der Waals surface area contributed by atoms with Gasteiger partial charge in [-0.1, -0.05) is 6.92 Å². The molecule has 0 saturated heterocycles. The van der Waals surface area contributed by atoms with Gasteiger partial charge in [-0.15, -0.1) is 11.3 Å². The number of aromatic nitrogens is 3. The summed E-state index contributed by atoms with van der Waals surface area (Å²) in [4.78, 5) is 16.1. The van der Waals surface area contributed by atoms with Crippen molar-refractivity contribution in [3.8, 4) is 0 Å². The molecular weight excluding hydrogens is 260 g/mol. The summed E-state index contributed by atoms with van der Waals surface area (Å²) in [6.45, 7) is 2.75. The van der Waals surface area contributed by atoms with Gasteiger partial charge in [-0.2, -0.15) is 5.10 Å². The molecule has 2 heterocycles. The highest BCUT2D eigenvalue weighted by Crippen LogP contribution is 2.10. The maximum Gasteiger partial charge on any atom is 0.220 e. The molecule has 0 radical (unpaired) electrons. The third-order valence-electron chi connectivity index (χ3n) is 2.80. The van der Waals surface area contributed by atoms with Crippen LogP contribution in [0.3, 0.4) is 0 Å². The molecule has 19 heavy (non-hydrogen) atoms. The van der Waals surface area contributed by atoms with Crippen LogP contribution in [0.1, 0.15) is 29.6 Å². The normalized spacial score (nSPS) is 10.6. The van der Waals surface area contributed by atoms with Crippen molar-refractivity contribution >= 4 is 17.2 Å². The van der Waals surface area contributed by atoms with Crippen molar-refractivity contribution in [2.24, 2.45) is 0 Å². The number of carbonyl (C=O) groups is 1. The van der Waals surface area contributed by atoms with E-state index in [1.54, 1.807) is 17.5 Å². The van der Waals surface area contributed by atoms with Crippen LogP contribution in [-0.4, -0.2) is 27.6 Å². The third kappa shape index (κ3) is 4.48. The molecular formula is C13H18N4OS. The Bertz CT molecular complexity index is 506. The van der Waals surface area contributed by atoms with Crippen LogP contribution < -0.4 is 5.32 Å². The van der Waals surface area contributed by atoms with E-state index < -0.39 is 0 Å². The van der Waals surface area contributed by atoms with Crippen molar-refractivity contribution in [1.29, 1.82) is 0 Å². The number of amides is 1. The monoisotopic (exact) mass is 278 g/mol. The molecule has 0 fully saturated rings. The van der Waals surface area contributed by atoms with Gasteiger partial charge >= 0.3 is 0 Å². The minimum absolute atomic E-state index is 0.0761. The Morgan fingerprint density at radius 2 is 2.37 bits per heavy atom.